The minimum atomic E-state index is 0.910. The van der Waals surface area contributed by atoms with Crippen LogP contribution in [0.4, 0.5) is 17.1 Å². The minimum Gasteiger partial charge on any atom is -0.455 e. The van der Waals surface area contributed by atoms with E-state index in [0.29, 0.717) is 0 Å². The van der Waals surface area contributed by atoms with Crippen molar-refractivity contribution in [2.24, 2.45) is 0 Å². The summed E-state index contributed by atoms with van der Waals surface area (Å²) in [5.41, 5.74) is 10.9. The van der Waals surface area contributed by atoms with E-state index < -0.39 is 0 Å². The van der Waals surface area contributed by atoms with Crippen molar-refractivity contribution < 1.29 is 4.42 Å². The zero-order valence-electron chi connectivity index (χ0n) is 26.6. The van der Waals surface area contributed by atoms with Crippen molar-refractivity contribution in [1.82, 2.24) is 4.57 Å². The first-order chi connectivity index (χ1) is 24.3. The Hall–Kier alpha value is -6.58. The topological polar surface area (TPSA) is 21.3 Å². The fraction of sp³-hybridized carbons (Fsp3) is 0. The second kappa shape index (κ2) is 11.0. The first kappa shape index (κ1) is 27.5. The molecule has 0 unspecified atom stereocenters. The molecule has 49 heavy (non-hydrogen) atoms. The number of anilines is 3. The molecule has 0 fully saturated rings. The van der Waals surface area contributed by atoms with Crippen LogP contribution in [0, 0.1) is 0 Å². The first-order valence-electron chi connectivity index (χ1n) is 16.7. The molecule has 0 aliphatic rings. The summed E-state index contributed by atoms with van der Waals surface area (Å²) in [6.45, 7) is 0. The molecule has 0 aliphatic heterocycles. The summed E-state index contributed by atoms with van der Waals surface area (Å²) in [6.07, 6.45) is 0. The van der Waals surface area contributed by atoms with Crippen LogP contribution in [0.25, 0.3) is 71.3 Å². The second-order valence-corrected chi connectivity index (χ2v) is 12.5. The molecule has 3 nitrogen and oxygen atoms in total. The lowest BCUT2D eigenvalue weighted by Crippen LogP contribution is -2.13. The van der Waals surface area contributed by atoms with Gasteiger partial charge in [0.1, 0.15) is 11.2 Å². The van der Waals surface area contributed by atoms with E-state index in [9.17, 15) is 0 Å². The molecule has 8 aromatic carbocycles. The van der Waals surface area contributed by atoms with E-state index in [4.69, 9.17) is 4.42 Å². The number of aromatic nitrogens is 1. The van der Waals surface area contributed by atoms with Gasteiger partial charge in [-0.05, 0) is 77.2 Å². The molecule has 0 bridgehead atoms. The van der Waals surface area contributed by atoms with E-state index in [0.717, 1.165) is 61.1 Å². The summed E-state index contributed by atoms with van der Waals surface area (Å²) in [4.78, 5) is 2.36. The van der Waals surface area contributed by atoms with Crippen molar-refractivity contribution in [3.05, 3.63) is 182 Å². The van der Waals surface area contributed by atoms with Crippen molar-refractivity contribution in [1.29, 1.82) is 0 Å². The fourth-order valence-corrected chi connectivity index (χ4v) is 7.59. The molecule has 2 aromatic heterocycles. The highest BCUT2D eigenvalue weighted by Gasteiger charge is 2.22. The molecule has 0 atom stereocenters. The maximum atomic E-state index is 6.64. The van der Waals surface area contributed by atoms with E-state index in [-0.39, 0.29) is 0 Å². The molecule has 230 valence electrons. The van der Waals surface area contributed by atoms with Gasteiger partial charge in [-0.15, -0.1) is 0 Å². The Bertz CT molecular complexity index is 2810. The second-order valence-electron chi connectivity index (χ2n) is 12.5. The number of hydrogen-bond acceptors (Lipinski definition) is 2. The van der Waals surface area contributed by atoms with E-state index in [2.05, 4.69) is 185 Å². The molecule has 0 amide bonds. The summed E-state index contributed by atoms with van der Waals surface area (Å²) in [6, 6.07) is 64.8. The molecule has 0 saturated heterocycles. The Morgan fingerprint density at radius 3 is 1.88 bits per heavy atom. The van der Waals surface area contributed by atoms with Gasteiger partial charge in [-0.3, -0.25) is 0 Å². The van der Waals surface area contributed by atoms with Crippen LogP contribution in [-0.2, 0) is 0 Å². The molecule has 0 aliphatic carbocycles. The first-order valence-corrected chi connectivity index (χ1v) is 16.7. The van der Waals surface area contributed by atoms with Gasteiger partial charge in [0, 0.05) is 38.3 Å². The predicted octanol–water partition coefficient (Wildman–Crippen LogP) is 13.0. The van der Waals surface area contributed by atoms with Crippen LogP contribution in [0.15, 0.2) is 186 Å². The monoisotopic (exact) mass is 626 g/mol. The number of furan rings is 1. The molecule has 0 saturated carbocycles. The highest BCUT2D eigenvalue weighted by atomic mass is 16.3. The molecular weight excluding hydrogens is 597 g/mol. The van der Waals surface area contributed by atoms with Gasteiger partial charge in [0.25, 0.3) is 0 Å². The van der Waals surface area contributed by atoms with E-state index in [1.807, 2.05) is 6.07 Å². The Morgan fingerprint density at radius 1 is 0.408 bits per heavy atom. The van der Waals surface area contributed by atoms with Gasteiger partial charge in [-0.1, -0.05) is 121 Å². The third-order valence-corrected chi connectivity index (χ3v) is 9.77. The molecule has 2 heterocycles. The van der Waals surface area contributed by atoms with Crippen LogP contribution >= 0.6 is 0 Å². The maximum Gasteiger partial charge on any atom is 0.143 e. The normalized spacial score (nSPS) is 11.7. The van der Waals surface area contributed by atoms with E-state index >= 15 is 0 Å². The van der Waals surface area contributed by atoms with Crippen molar-refractivity contribution in [2.75, 3.05) is 4.90 Å². The molecule has 0 spiro atoms. The summed E-state index contributed by atoms with van der Waals surface area (Å²) in [5.74, 6) is 0. The van der Waals surface area contributed by atoms with Gasteiger partial charge in [0.2, 0.25) is 0 Å². The zero-order valence-corrected chi connectivity index (χ0v) is 26.6. The van der Waals surface area contributed by atoms with Gasteiger partial charge in [-0.2, -0.15) is 0 Å². The summed E-state index contributed by atoms with van der Waals surface area (Å²) >= 11 is 0. The van der Waals surface area contributed by atoms with Crippen LogP contribution < -0.4 is 4.90 Å². The average Bonchev–Trinajstić information content (AvgIpc) is 3.72. The lowest BCUT2D eigenvalue weighted by Gasteiger charge is -2.28. The zero-order chi connectivity index (χ0) is 32.3. The number of benzene rings is 8. The van der Waals surface area contributed by atoms with Crippen LogP contribution in [0.2, 0.25) is 0 Å². The van der Waals surface area contributed by atoms with Gasteiger partial charge in [0.05, 0.1) is 22.4 Å². The third-order valence-electron chi connectivity index (χ3n) is 9.77. The van der Waals surface area contributed by atoms with Crippen LogP contribution in [0.5, 0.6) is 0 Å². The summed E-state index contributed by atoms with van der Waals surface area (Å²) in [5, 5.41) is 6.99. The Kier molecular flexibility index (Phi) is 6.18. The van der Waals surface area contributed by atoms with Gasteiger partial charge >= 0.3 is 0 Å². The average molecular weight is 627 g/mol. The highest BCUT2D eigenvalue weighted by Crippen LogP contribution is 2.45. The summed E-state index contributed by atoms with van der Waals surface area (Å²) < 4.78 is 9.07. The minimum absolute atomic E-state index is 0.910. The van der Waals surface area contributed by atoms with Gasteiger partial charge < -0.3 is 13.9 Å². The maximum absolute atomic E-state index is 6.64. The van der Waals surface area contributed by atoms with E-state index in [1.165, 1.54) is 27.3 Å². The molecular formula is C46H30N2O. The van der Waals surface area contributed by atoms with Crippen molar-refractivity contribution in [3.63, 3.8) is 0 Å². The quantitative estimate of drug-likeness (QED) is 0.190. The Balaban J connectivity index is 1.25. The number of nitrogens with zero attached hydrogens (tertiary/aromatic N) is 2. The third kappa shape index (κ3) is 4.29. The van der Waals surface area contributed by atoms with Gasteiger partial charge in [0.15, 0.2) is 0 Å². The smallest absolute Gasteiger partial charge is 0.143 e. The Morgan fingerprint density at radius 2 is 1.04 bits per heavy atom. The SMILES string of the molecule is c1ccc(-c2ccc(N(c3ccccc3)c3ccccc3-n3c4ccccc4c4c5c(ccc6c7ccccc7oc65)ccc43)cc2)cc1. The number of para-hydroxylation sites is 5. The van der Waals surface area contributed by atoms with Crippen LogP contribution in [0.1, 0.15) is 0 Å². The number of fused-ring (bicyclic) bond motifs is 9. The number of hydrogen-bond donors (Lipinski definition) is 0. The van der Waals surface area contributed by atoms with Crippen molar-refractivity contribution in [3.8, 4) is 16.8 Å². The fourth-order valence-electron chi connectivity index (χ4n) is 7.59. The molecule has 3 heteroatoms. The molecule has 0 N–H and O–H groups in total. The van der Waals surface area contributed by atoms with Crippen LogP contribution in [0.3, 0.4) is 0 Å². The predicted molar refractivity (Wildman–Crippen MR) is 206 cm³/mol. The van der Waals surface area contributed by atoms with Gasteiger partial charge in [-0.25, -0.2) is 0 Å². The number of rotatable bonds is 5. The van der Waals surface area contributed by atoms with Crippen molar-refractivity contribution in [2.45, 2.75) is 0 Å². The molecule has 0 radical (unpaired) electrons. The Labute approximate surface area is 283 Å². The summed E-state index contributed by atoms with van der Waals surface area (Å²) in [7, 11) is 0. The largest absolute Gasteiger partial charge is 0.455 e. The lowest BCUT2D eigenvalue weighted by atomic mass is 10.0. The highest BCUT2D eigenvalue weighted by molar-refractivity contribution is 6.29. The van der Waals surface area contributed by atoms with Crippen molar-refractivity contribution >= 4 is 71.6 Å². The van der Waals surface area contributed by atoms with E-state index in [1.54, 1.807) is 0 Å². The van der Waals surface area contributed by atoms with Crippen LogP contribution in [-0.4, -0.2) is 4.57 Å². The standard InChI is InChI=1S/C46H30N2O/c1-3-13-31(14-4-1)32-23-27-35(28-24-32)47(34-15-5-2-6-16-34)40-20-10-11-21-41(40)48-39-19-9-7-18-38(39)45-42(48)30-26-33-25-29-37-36-17-8-12-22-43(36)49-46(37)44(33)45/h1-30H. The lowest BCUT2D eigenvalue weighted by molar-refractivity contribution is 0.673. The molecule has 10 rings (SSSR count). The molecule has 10 aromatic rings.